The summed E-state index contributed by atoms with van der Waals surface area (Å²) in [5.74, 6) is 1.52. The maximum atomic E-state index is 13.6. The molecule has 0 unspecified atom stereocenters. The Labute approximate surface area is 438 Å². The van der Waals surface area contributed by atoms with Crippen LogP contribution >= 0.6 is 0 Å². The molecule has 0 saturated carbocycles. The van der Waals surface area contributed by atoms with Crippen LogP contribution in [0, 0.1) is 6.92 Å². The lowest BCUT2D eigenvalue weighted by Gasteiger charge is -2.19. The molecule has 75 heavy (non-hydrogen) atoms. The van der Waals surface area contributed by atoms with Crippen molar-refractivity contribution in [1.29, 1.82) is 0 Å². The van der Waals surface area contributed by atoms with Gasteiger partial charge in [-0.1, -0.05) is 23.3 Å². The topological polar surface area (TPSA) is 196 Å². The molecule has 3 aromatic carbocycles. The van der Waals surface area contributed by atoms with Crippen molar-refractivity contribution in [3.8, 4) is 28.5 Å². The van der Waals surface area contributed by atoms with E-state index in [1.165, 1.54) is 0 Å². The summed E-state index contributed by atoms with van der Waals surface area (Å²) >= 11 is 0. The van der Waals surface area contributed by atoms with E-state index in [2.05, 4.69) is 10.3 Å². The van der Waals surface area contributed by atoms with E-state index in [1.807, 2.05) is 89.1 Å². The lowest BCUT2D eigenvalue weighted by atomic mass is 10.0. The molecule has 0 aliphatic carbocycles. The van der Waals surface area contributed by atoms with E-state index in [0.717, 1.165) is 52.7 Å². The van der Waals surface area contributed by atoms with Gasteiger partial charge in [0.25, 0.3) is 11.8 Å². The molecule has 8 rings (SSSR count). The second-order valence-corrected chi connectivity index (χ2v) is 18.8. The number of aliphatic imine (C=N–C) groups is 2. The highest BCUT2D eigenvalue weighted by atomic mass is 16.6. The zero-order valence-corrected chi connectivity index (χ0v) is 43.8. The van der Waals surface area contributed by atoms with Crippen LogP contribution in [0.5, 0.6) is 17.2 Å². The SMILES string of the molecule is CCC(=O)CCCOCCOCCOCCOCCOCCOCCn1cc(-c2cc(COc3cc4c(cc3C)C(=O)N3C=C(C)C[C@H]3C=N4)cc(COc3cc4c(cc3OC)C(=O)N3C=C(C)C[C@H]3C=N4)c2)nn1. The van der Waals surface area contributed by atoms with Gasteiger partial charge in [-0.3, -0.25) is 24.4 Å². The lowest BCUT2D eigenvalue weighted by Crippen LogP contribution is -2.32. The van der Waals surface area contributed by atoms with Crippen LogP contribution in [-0.2, 0) is 53.0 Å². The number of amides is 2. The number of methoxy groups -OCH3 is 1. The quantitative estimate of drug-likeness (QED) is 0.0441. The predicted octanol–water partition coefficient (Wildman–Crippen LogP) is 7.95. The Morgan fingerprint density at radius 1 is 0.613 bits per heavy atom. The van der Waals surface area contributed by atoms with Gasteiger partial charge in [-0.25, -0.2) is 4.68 Å². The van der Waals surface area contributed by atoms with Crippen molar-refractivity contribution >= 4 is 41.4 Å². The van der Waals surface area contributed by atoms with Gasteiger partial charge >= 0.3 is 0 Å². The number of carbonyl (C=O) groups excluding carboxylic acids is 3. The maximum absolute atomic E-state index is 13.6. The van der Waals surface area contributed by atoms with E-state index in [1.54, 1.807) is 33.7 Å². The van der Waals surface area contributed by atoms with Crippen molar-refractivity contribution in [2.45, 2.75) is 91.6 Å². The van der Waals surface area contributed by atoms with Crippen LogP contribution in [0.15, 0.2) is 82.2 Å². The van der Waals surface area contributed by atoms with Gasteiger partial charge in [-0.15, -0.1) is 5.10 Å². The van der Waals surface area contributed by atoms with E-state index in [0.29, 0.717) is 144 Å². The molecule has 0 bridgehead atoms. The minimum Gasteiger partial charge on any atom is -0.493 e. The Morgan fingerprint density at radius 3 is 1.67 bits per heavy atom. The van der Waals surface area contributed by atoms with Gasteiger partial charge in [0.15, 0.2) is 11.5 Å². The minimum atomic E-state index is -0.140. The molecule has 4 aromatic rings. The summed E-state index contributed by atoms with van der Waals surface area (Å²) in [5, 5.41) is 8.91. The van der Waals surface area contributed by atoms with Gasteiger partial charge in [0.2, 0.25) is 0 Å². The summed E-state index contributed by atoms with van der Waals surface area (Å²) in [6.07, 6.45) is 12.7. The molecule has 19 nitrogen and oxygen atoms in total. The Kier molecular flexibility index (Phi) is 19.9. The second-order valence-electron chi connectivity index (χ2n) is 18.8. The fraction of sp³-hybridized carbons (Fsp3) is 0.482. The average Bonchev–Trinajstić information content (AvgIpc) is 4.12. The van der Waals surface area contributed by atoms with Crippen molar-refractivity contribution < 1.29 is 57.0 Å². The van der Waals surface area contributed by atoms with Crippen molar-refractivity contribution in [2.75, 3.05) is 86.4 Å². The molecule has 0 fully saturated rings. The summed E-state index contributed by atoms with van der Waals surface area (Å²) in [5.41, 5.74) is 8.25. The van der Waals surface area contributed by atoms with Gasteiger partial charge in [-0.2, -0.15) is 0 Å². The standard InChI is InChI=1S/C56H69N7O12/c1-6-46(64)8-7-10-68-12-14-70-16-18-72-20-21-73-19-17-71-15-13-69-11-9-61-35-51(59-60-61)43-26-41(36-74-52-29-49-47(24-40(52)4)55(65)62-33-38(2)22-44(62)31-57-49)25-42(27-43)37-75-54-30-50-48(28-53(54)67-5)56(66)63-34-39(3)23-45(63)32-58-50/h24-35,44-45H,6-23,36-37H2,1-5H3/t44-,45-/m0/s1. The Balaban J connectivity index is 0.822. The Bertz CT molecular complexity index is 2750. The highest BCUT2D eigenvalue weighted by Gasteiger charge is 2.33. The van der Waals surface area contributed by atoms with Gasteiger partial charge in [-0.05, 0) is 87.1 Å². The van der Waals surface area contributed by atoms with E-state index in [9.17, 15) is 14.4 Å². The number of aryl methyl sites for hydroxylation is 1. The van der Waals surface area contributed by atoms with Gasteiger partial charge in [0.1, 0.15) is 30.4 Å². The zero-order chi connectivity index (χ0) is 52.5. The molecule has 2 amide bonds. The van der Waals surface area contributed by atoms with Crippen molar-refractivity contribution in [3.63, 3.8) is 0 Å². The largest absolute Gasteiger partial charge is 0.493 e. The smallest absolute Gasteiger partial charge is 0.260 e. The number of aromatic nitrogens is 3. The lowest BCUT2D eigenvalue weighted by molar-refractivity contribution is -0.119. The van der Waals surface area contributed by atoms with Gasteiger partial charge in [0, 0.05) is 62.0 Å². The van der Waals surface area contributed by atoms with Gasteiger partial charge in [0.05, 0.1) is 127 Å². The minimum absolute atomic E-state index is 0.0783. The number of rotatable bonds is 31. The number of fused-ring (bicyclic) bond motifs is 4. The molecule has 0 N–H and O–H groups in total. The molecule has 19 heteroatoms. The molecular formula is C56H69N7O12. The third kappa shape index (κ3) is 15.0. The van der Waals surface area contributed by atoms with Crippen LogP contribution in [0.1, 0.15) is 90.3 Å². The third-order valence-corrected chi connectivity index (χ3v) is 12.9. The van der Waals surface area contributed by atoms with Crippen LogP contribution in [-0.4, -0.2) is 153 Å². The van der Waals surface area contributed by atoms with E-state index in [-0.39, 0.29) is 42.9 Å². The van der Waals surface area contributed by atoms with Crippen LogP contribution in [0.3, 0.4) is 0 Å². The molecule has 4 aliphatic rings. The van der Waals surface area contributed by atoms with Crippen molar-refractivity contribution in [1.82, 2.24) is 24.8 Å². The summed E-state index contributed by atoms with van der Waals surface area (Å²) in [7, 11) is 1.55. The first kappa shape index (κ1) is 54.6. The summed E-state index contributed by atoms with van der Waals surface area (Å²) < 4.78 is 54.0. The number of hydrogen-bond acceptors (Lipinski definition) is 16. The third-order valence-electron chi connectivity index (χ3n) is 12.9. The van der Waals surface area contributed by atoms with Crippen LogP contribution in [0.2, 0.25) is 0 Å². The number of ketones is 1. The number of benzene rings is 3. The van der Waals surface area contributed by atoms with Crippen LogP contribution in [0.25, 0.3) is 11.3 Å². The Hall–Kier alpha value is -6.61. The van der Waals surface area contributed by atoms with Gasteiger partial charge < -0.3 is 52.4 Å². The highest BCUT2D eigenvalue weighted by molar-refractivity contribution is 6.05. The maximum Gasteiger partial charge on any atom is 0.260 e. The first-order chi connectivity index (χ1) is 36.6. The molecule has 0 radical (unpaired) electrons. The normalized spacial score (nSPS) is 16.5. The monoisotopic (exact) mass is 1030 g/mol. The molecule has 1 aromatic heterocycles. The van der Waals surface area contributed by atoms with E-state index >= 15 is 0 Å². The van der Waals surface area contributed by atoms with Crippen molar-refractivity contribution in [3.05, 3.63) is 100 Å². The average molecular weight is 1030 g/mol. The summed E-state index contributed by atoms with van der Waals surface area (Å²) in [6.45, 7) is 14.2. The zero-order valence-electron chi connectivity index (χ0n) is 43.8. The number of hydrogen-bond donors (Lipinski definition) is 0. The first-order valence-electron chi connectivity index (χ1n) is 25.8. The van der Waals surface area contributed by atoms with E-state index in [4.69, 9.17) is 52.6 Å². The second kappa shape index (κ2) is 27.3. The fourth-order valence-corrected chi connectivity index (χ4v) is 8.96. The molecule has 4 aliphatic heterocycles. The van der Waals surface area contributed by atoms with Crippen LogP contribution < -0.4 is 14.2 Å². The molecule has 400 valence electrons. The Morgan fingerprint density at radius 2 is 1.12 bits per heavy atom. The van der Waals surface area contributed by atoms with Crippen LogP contribution in [0.4, 0.5) is 11.4 Å². The predicted molar refractivity (Wildman–Crippen MR) is 281 cm³/mol. The van der Waals surface area contributed by atoms with Crippen molar-refractivity contribution in [2.24, 2.45) is 9.98 Å². The molecular weight excluding hydrogens is 963 g/mol. The summed E-state index contributed by atoms with van der Waals surface area (Å²) in [6, 6.07) is 12.9. The molecule has 0 saturated heterocycles. The molecule has 0 spiro atoms. The van der Waals surface area contributed by atoms with E-state index < -0.39 is 0 Å². The number of Topliss-reactive ketones (excluding diaryl/α,β-unsaturated/α-hetero) is 1. The molecule has 2 atom stereocenters. The number of ether oxygens (including phenoxy) is 9. The number of carbonyl (C=O) groups is 3. The fourth-order valence-electron chi connectivity index (χ4n) is 8.96. The number of nitrogens with zero attached hydrogens (tertiary/aromatic N) is 7. The summed E-state index contributed by atoms with van der Waals surface area (Å²) in [4.78, 5) is 51.4. The highest BCUT2D eigenvalue weighted by Crippen LogP contribution is 2.40. The first-order valence-corrected chi connectivity index (χ1v) is 25.8. The molecule has 5 heterocycles.